The van der Waals surface area contributed by atoms with Crippen LogP contribution in [-0.4, -0.2) is 32.0 Å². The zero-order chi connectivity index (χ0) is 11.0. The molecule has 3 heteroatoms. The molecule has 2 heterocycles. The number of ketones is 1. The maximum absolute atomic E-state index is 11.9. The molecule has 0 saturated carbocycles. The molecule has 0 aromatic heterocycles. The third-order valence-electron chi connectivity index (χ3n) is 3.57. The van der Waals surface area contributed by atoms with Crippen molar-refractivity contribution in [3.63, 3.8) is 0 Å². The molecule has 1 saturated heterocycles. The molecule has 1 N–H and O–H groups in total. The summed E-state index contributed by atoms with van der Waals surface area (Å²) in [6, 6.07) is 8.39. The van der Waals surface area contributed by atoms with E-state index in [2.05, 4.69) is 28.4 Å². The van der Waals surface area contributed by atoms with Gasteiger partial charge >= 0.3 is 0 Å². The number of Topliss-reactive ketones (excluding diaryl/α,β-unsaturated/α-hetero) is 1. The van der Waals surface area contributed by atoms with Crippen molar-refractivity contribution in [1.82, 2.24) is 5.32 Å². The zero-order valence-corrected chi connectivity index (χ0v) is 9.28. The van der Waals surface area contributed by atoms with Gasteiger partial charge < -0.3 is 10.2 Å². The Balaban J connectivity index is 1.70. The van der Waals surface area contributed by atoms with Crippen molar-refractivity contribution in [3.8, 4) is 0 Å². The van der Waals surface area contributed by atoms with Crippen LogP contribution in [0.4, 0.5) is 5.69 Å². The number of carbonyl (C=O) groups is 1. The Labute approximate surface area is 95.4 Å². The fourth-order valence-corrected chi connectivity index (χ4v) is 2.40. The van der Waals surface area contributed by atoms with Gasteiger partial charge in [0.25, 0.3) is 0 Å². The minimum Gasteiger partial charge on any atom is -0.364 e. The molecule has 3 nitrogen and oxygen atoms in total. The van der Waals surface area contributed by atoms with Crippen molar-refractivity contribution in [3.05, 3.63) is 29.8 Å². The van der Waals surface area contributed by atoms with Crippen molar-refractivity contribution < 1.29 is 4.79 Å². The second kappa shape index (κ2) is 3.91. The van der Waals surface area contributed by atoms with Gasteiger partial charge in [0.05, 0.1) is 6.54 Å². The highest BCUT2D eigenvalue weighted by molar-refractivity contribution is 5.87. The van der Waals surface area contributed by atoms with Crippen molar-refractivity contribution in [2.45, 2.75) is 6.42 Å². The van der Waals surface area contributed by atoms with E-state index in [1.807, 2.05) is 6.07 Å². The molecule has 0 aliphatic carbocycles. The van der Waals surface area contributed by atoms with Gasteiger partial charge in [-0.3, -0.25) is 4.79 Å². The molecule has 0 spiro atoms. The van der Waals surface area contributed by atoms with Crippen LogP contribution in [-0.2, 0) is 11.2 Å². The zero-order valence-electron chi connectivity index (χ0n) is 9.28. The number of benzene rings is 1. The van der Waals surface area contributed by atoms with E-state index in [1.165, 1.54) is 11.3 Å². The van der Waals surface area contributed by atoms with Crippen LogP contribution in [0.1, 0.15) is 5.56 Å². The van der Waals surface area contributed by atoms with Gasteiger partial charge in [-0.1, -0.05) is 18.2 Å². The van der Waals surface area contributed by atoms with E-state index in [-0.39, 0.29) is 5.92 Å². The van der Waals surface area contributed by atoms with Crippen molar-refractivity contribution in [2.24, 2.45) is 5.92 Å². The first-order chi connectivity index (χ1) is 7.84. The average molecular weight is 216 g/mol. The third-order valence-corrected chi connectivity index (χ3v) is 3.57. The summed E-state index contributed by atoms with van der Waals surface area (Å²) in [5.41, 5.74) is 2.63. The van der Waals surface area contributed by atoms with Crippen LogP contribution < -0.4 is 10.2 Å². The highest BCUT2D eigenvalue weighted by Crippen LogP contribution is 2.27. The summed E-state index contributed by atoms with van der Waals surface area (Å²) >= 11 is 0. The first-order valence-electron chi connectivity index (χ1n) is 5.91. The molecule has 2 aliphatic rings. The van der Waals surface area contributed by atoms with E-state index < -0.39 is 0 Å². The first kappa shape index (κ1) is 9.85. The molecule has 1 fully saturated rings. The van der Waals surface area contributed by atoms with Crippen LogP contribution in [0.2, 0.25) is 0 Å². The summed E-state index contributed by atoms with van der Waals surface area (Å²) in [7, 11) is 0. The normalized spacial score (nSPS) is 19.4. The highest BCUT2D eigenvalue weighted by atomic mass is 16.1. The van der Waals surface area contributed by atoms with E-state index in [0.29, 0.717) is 12.3 Å². The van der Waals surface area contributed by atoms with Crippen LogP contribution in [0, 0.1) is 5.92 Å². The maximum Gasteiger partial charge on any atom is 0.157 e. The lowest BCUT2D eigenvalue weighted by atomic mass is 9.98. The summed E-state index contributed by atoms with van der Waals surface area (Å²) < 4.78 is 0. The molecule has 2 aliphatic heterocycles. The van der Waals surface area contributed by atoms with E-state index in [0.717, 1.165) is 26.1 Å². The number of hydrogen-bond acceptors (Lipinski definition) is 3. The second-order valence-corrected chi connectivity index (χ2v) is 4.62. The molecular weight excluding hydrogens is 200 g/mol. The number of rotatable bonds is 3. The first-order valence-corrected chi connectivity index (χ1v) is 5.91. The highest BCUT2D eigenvalue weighted by Gasteiger charge is 2.28. The molecule has 1 aromatic carbocycles. The number of carbonyl (C=O) groups excluding carboxylic acids is 1. The minimum atomic E-state index is 0.257. The number of anilines is 1. The lowest BCUT2D eigenvalue weighted by Crippen LogP contribution is -2.49. The standard InChI is InChI=1S/C13H16N2O/c16-13(11-7-14-8-11)9-15-6-5-10-3-1-2-4-12(10)15/h1-4,11,14H,5-9H2. The van der Waals surface area contributed by atoms with Crippen LogP contribution in [0.15, 0.2) is 24.3 Å². The molecule has 0 bridgehead atoms. The van der Waals surface area contributed by atoms with Crippen LogP contribution in [0.5, 0.6) is 0 Å². The van der Waals surface area contributed by atoms with Crippen molar-refractivity contribution in [1.29, 1.82) is 0 Å². The van der Waals surface area contributed by atoms with Gasteiger partial charge in [0.1, 0.15) is 0 Å². The Morgan fingerprint density at radius 2 is 2.19 bits per heavy atom. The van der Waals surface area contributed by atoms with Gasteiger partial charge in [-0.25, -0.2) is 0 Å². The maximum atomic E-state index is 11.9. The molecule has 0 amide bonds. The Kier molecular flexibility index (Phi) is 2.40. The van der Waals surface area contributed by atoms with Crippen LogP contribution >= 0.6 is 0 Å². The van der Waals surface area contributed by atoms with Gasteiger partial charge in [0.2, 0.25) is 0 Å². The average Bonchev–Trinajstić information content (AvgIpc) is 2.59. The number of nitrogens with one attached hydrogen (secondary N) is 1. The molecule has 84 valence electrons. The summed E-state index contributed by atoms with van der Waals surface area (Å²) in [5, 5.41) is 3.15. The Bertz CT molecular complexity index is 412. The molecule has 0 unspecified atom stereocenters. The van der Waals surface area contributed by atoms with Crippen LogP contribution in [0.3, 0.4) is 0 Å². The van der Waals surface area contributed by atoms with Gasteiger partial charge in [-0.05, 0) is 18.1 Å². The molecule has 1 aromatic rings. The predicted molar refractivity (Wildman–Crippen MR) is 63.7 cm³/mol. The Hall–Kier alpha value is -1.35. The van der Waals surface area contributed by atoms with E-state index >= 15 is 0 Å². The number of nitrogens with zero attached hydrogens (tertiary/aromatic N) is 1. The summed E-state index contributed by atoms with van der Waals surface area (Å²) in [5.74, 6) is 0.642. The van der Waals surface area contributed by atoms with E-state index in [9.17, 15) is 4.79 Å². The minimum absolute atomic E-state index is 0.257. The third kappa shape index (κ3) is 1.61. The second-order valence-electron chi connectivity index (χ2n) is 4.62. The van der Waals surface area contributed by atoms with Gasteiger partial charge in [-0.15, -0.1) is 0 Å². The number of fused-ring (bicyclic) bond motifs is 1. The smallest absolute Gasteiger partial charge is 0.157 e. The van der Waals surface area contributed by atoms with E-state index in [4.69, 9.17) is 0 Å². The fraction of sp³-hybridized carbons (Fsp3) is 0.462. The summed E-state index contributed by atoms with van der Waals surface area (Å²) in [6.45, 7) is 3.32. The van der Waals surface area contributed by atoms with Gasteiger partial charge in [-0.2, -0.15) is 0 Å². The quantitative estimate of drug-likeness (QED) is 0.812. The molecule has 16 heavy (non-hydrogen) atoms. The van der Waals surface area contributed by atoms with Gasteiger partial charge in [0, 0.05) is 31.2 Å². The van der Waals surface area contributed by atoms with Crippen molar-refractivity contribution >= 4 is 11.5 Å². The van der Waals surface area contributed by atoms with E-state index in [1.54, 1.807) is 0 Å². The predicted octanol–water partition coefficient (Wildman–Crippen LogP) is 0.838. The summed E-state index contributed by atoms with van der Waals surface area (Å²) in [6.07, 6.45) is 1.08. The number of para-hydroxylation sites is 1. The Morgan fingerprint density at radius 1 is 1.38 bits per heavy atom. The summed E-state index contributed by atoms with van der Waals surface area (Å²) in [4.78, 5) is 14.1. The Morgan fingerprint density at radius 3 is 2.94 bits per heavy atom. The van der Waals surface area contributed by atoms with Crippen molar-refractivity contribution in [2.75, 3.05) is 31.1 Å². The lowest BCUT2D eigenvalue weighted by molar-refractivity contribution is -0.122. The van der Waals surface area contributed by atoms with Crippen LogP contribution in [0.25, 0.3) is 0 Å². The largest absolute Gasteiger partial charge is 0.364 e. The topological polar surface area (TPSA) is 32.3 Å². The molecular formula is C13H16N2O. The van der Waals surface area contributed by atoms with Gasteiger partial charge in [0.15, 0.2) is 5.78 Å². The number of hydrogen-bond donors (Lipinski definition) is 1. The fourth-order valence-electron chi connectivity index (χ4n) is 2.40. The molecule has 0 radical (unpaired) electrons. The lowest BCUT2D eigenvalue weighted by Gasteiger charge is -2.28. The monoisotopic (exact) mass is 216 g/mol. The molecule has 3 rings (SSSR count). The molecule has 0 atom stereocenters. The SMILES string of the molecule is O=C(CN1CCc2ccccc21)C1CNC1.